The van der Waals surface area contributed by atoms with E-state index in [9.17, 15) is 5.21 Å². The first-order chi connectivity index (χ1) is 6.18. The van der Waals surface area contributed by atoms with Crippen molar-refractivity contribution in [2.24, 2.45) is 0 Å². The van der Waals surface area contributed by atoms with E-state index in [1.807, 2.05) is 6.07 Å². The van der Waals surface area contributed by atoms with Crippen LogP contribution >= 0.6 is 23.2 Å². The number of hydrogen-bond donors (Lipinski definition) is 0. The van der Waals surface area contributed by atoms with Gasteiger partial charge in [-0.05, 0) is 11.5 Å². The molecular formula is C9H5Cl2NO. The van der Waals surface area contributed by atoms with E-state index in [1.165, 1.54) is 12.4 Å². The molecule has 0 saturated carbocycles. The van der Waals surface area contributed by atoms with Gasteiger partial charge in [0, 0.05) is 6.07 Å². The third kappa shape index (κ3) is 1.43. The summed E-state index contributed by atoms with van der Waals surface area (Å²) in [5, 5.41) is 13.4. The Bertz CT molecular complexity index is 465. The zero-order chi connectivity index (χ0) is 9.42. The monoisotopic (exact) mass is 213 g/mol. The Balaban J connectivity index is 2.89. The molecule has 0 atom stereocenters. The van der Waals surface area contributed by atoms with Gasteiger partial charge in [-0.25, -0.2) is 0 Å². The molecule has 13 heavy (non-hydrogen) atoms. The molecule has 1 aromatic carbocycles. The lowest BCUT2D eigenvalue weighted by molar-refractivity contribution is -0.603. The highest BCUT2D eigenvalue weighted by molar-refractivity contribution is 6.45. The molecule has 1 heterocycles. The molecule has 0 aliphatic carbocycles. The van der Waals surface area contributed by atoms with Gasteiger partial charge in [-0.1, -0.05) is 29.3 Å². The topological polar surface area (TPSA) is 26.9 Å². The van der Waals surface area contributed by atoms with Crippen LogP contribution < -0.4 is 4.73 Å². The van der Waals surface area contributed by atoms with Gasteiger partial charge in [0.25, 0.3) is 0 Å². The lowest BCUT2D eigenvalue weighted by Crippen LogP contribution is -2.23. The van der Waals surface area contributed by atoms with Gasteiger partial charge in [0.05, 0.1) is 15.4 Å². The summed E-state index contributed by atoms with van der Waals surface area (Å²) in [5.41, 5.74) is 0. The van der Waals surface area contributed by atoms with Crippen LogP contribution in [-0.4, -0.2) is 0 Å². The van der Waals surface area contributed by atoms with Crippen molar-refractivity contribution in [3.63, 3.8) is 0 Å². The largest absolute Gasteiger partial charge is 0.619 e. The van der Waals surface area contributed by atoms with Crippen molar-refractivity contribution in [1.29, 1.82) is 0 Å². The van der Waals surface area contributed by atoms with Crippen LogP contribution in [0.15, 0.2) is 30.6 Å². The molecule has 0 spiro atoms. The molecule has 0 aliphatic heterocycles. The van der Waals surface area contributed by atoms with Crippen LogP contribution in [0.3, 0.4) is 0 Å². The molecule has 66 valence electrons. The number of hydrogen-bond acceptors (Lipinski definition) is 1. The second-order valence-electron chi connectivity index (χ2n) is 2.67. The highest BCUT2D eigenvalue weighted by Gasteiger charge is 2.05. The second-order valence-corrected chi connectivity index (χ2v) is 3.45. The van der Waals surface area contributed by atoms with E-state index < -0.39 is 0 Å². The van der Waals surface area contributed by atoms with E-state index >= 15 is 0 Å². The SMILES string of the molecule is [O-][n+]1ccc2ccc(Cl)c(Cl)c2c1. The van der Waals surface area contributed by atoms with E-state index in [2.05, 4.69) is 0 Å². The summed E-state index contributed by atoms with van der Waals surface area (Å²) in [4.78, 5) is 0. The first-order valence-electron chi connectivity index (χ1n) is 3.65. The summed E-state index contributed by atoms with van der Waals surface area (Å²) < 4.78 is 0.699. The number of halogens is 2. The first kappa shape index (κ1) is 8.60. The van der Waals surface area contributed by atoms with Gasteiger partial charge in [-0.3, -0.25) is 0 Å². The second kappa shape index (κ2) is 3.05. The Morgan fingerprint density at radius 2 is 1.92 bits per heavy atom. The average molecular weight is 214 g/mol. The molecule has 0 amide bonds. The Kier molecular flexibility index (Phi) is 2.02. The molecule has 0 unspecified atom stereocenters. The maximum atomic E-state index is 11.0. The summed E-state index contributed by atoms with van der Waals surface area (Å²) in [5.74, 6) is 0. The van der Waals surface area contributed by atoms with Crippen LogP contribution in [0, 0.1) is 5.21 Å². The molecule has 0 saturated heterocycles. The quantitative estimate of drug-likeness (QED) is 0.489. The fourth-order valence-electron chi connectivity index (χ4n) is 1.18. The van der Waals surface area contributed by atoms with Crippen molar-refractivity contribution in [3.05, 3.63) is 45.8 Å². The van der Waals surface area contributed by atoms with Gasteiger partial charge in [0.2, 0.25) is 0 Å². The Morgan fingerprint density at radius 1 is 1.15 bits per heavy atom. The Hall–Kier alpha value is -0.990. The summed E-state index contributed by atoms with van der Waals surface area (Å²) in [6.45, 7) is 0. The highest BCUT2D eigenvalue weighted by Crippen LogP contribution is 2.29. The fourth-order valence-corrected chi connectivity index (χ4v) is 1.57. The highest BCUT2D eigenvalue weighted by atomic mass is 35.5. The fraction of sp³-hybridized carbons (Fsp3) is 0. The molecule has 1 aromatic heterocycles. The molecule has 4 heteroatoms. The lowest BCUT2D eigenvalue weighted by atomic mass is 10.2. The van der Waals surface area contributed by atoms with E-state index in [0.717, 1.165) is 5.39 Å². The van der Waals surface area contributed by atoms with Gasteiger partial charge in [0.1, 0.15) is 0 Å². The number of benzene rings is 1. The van der Waals surface area contributed by atoms with Crippen molar-refractivity contribution < 1.29 is 4.73 Å². The van der Waals surface area contributed by atoms with Crippen LogP contribution in [0.4, 0.5) is 0 Å². The molecule has 0 bridgehead atoms. The zero-order valence-corrected chi connectivity index (χ0v) is 8.01. The van der Waals surface area contributed by atoms with Gasteiger partial charge in [-0.2, -0.15) is 4.73 Å². The van der Waals surface area contributed by atoms with Crippen molar-refractivity contribution in [1.82, 2.24) is 0 Å². The smallest absolute Gasteiger partial charge is 0.189 e. The van der Waals surface area contributed by atoms with E-state index in [0.29, 0.717) is 20.2 Å². The van der Waals surface area contributed by atoms with Crippen LogP contribution in [0.1, 0.15) is 0 Å². The molecule has 2 rings (SSSR count). The van der Waals surface area contributed by atoms with Crippen molar-refractivity contribution >= 4 is 34.0 Å². The lowest BCUT2D eigenvalue weighted by Gasteiger charge is -2.01. The minimum absolute atomic E-state index is 0.421. The van der Waals surface area contributed by atoms with E-state index in [-0.39, 0.29) is 0 Å². The maximum absolute atomic E-state index is 11.0. The molecule has 0 N–H and O–H groups in total. The van der Waals surface area contributed by atoms with Crippen LogP contribution in [-0.2, 0) is 0 Å². The first-order valence-corrected chi connectivity index (χ1v) is 4.40. The van der Waals surface area contributed by atoms with Crippen LogP contribution in [0.5, 0.6) is 0 Å². The summed E-state index contributed by atoms with van der Waals surface area (Å²) in [6, 6.07) is 5.23. The van der Waals surface area contributed by atoms with Gasteiger partial charge in [-0.15, -0.1) is 0 Å². The van der Waals surface area contributed by atoms with Gasteiger partial charge in [0.15, 0.2) is 12.4 Å². The Labute approximate surface area is 84.9 Å². The van der Waals surface area contributed by atoms with Crippen molar-refractivity contribution in [2.75, 3.05) is 0 Å². The van der Waals surface area contributed by atoms with Gasteiger partial charge < -0.3 is 5.21 Å². The predicted molar refractivity (Wildman–Crippen MR) is 52.9 cm³/mol. The minimum atomic E-state index is 0.421. The molecular weight excluding hydrogens is 209 g/mol. The summed E-state index contributed by atoms with van der Waals surface area (Å²) in [7, 11) is 0. The van der Waals surface area contributed by atoms with Crippen LogP contribution in [0.2, 0.25) is 10.0 Å². The number of pyridine rings is 1. The van der Waals surface area contributed by atoms with Crippen molar-refractivity contribution in [3.8, 4) is 0 Å². The van der Waals surface area contributed by atoms with Crippen molar-refractivity contribution in [2.45, 2.75) is 0 Å². The molecule has 2 aromatic rings. The zero-order valence-electron chi connectivity index (χ0n) is 6.50. The van der Waals surface area contributed by atoms with Crippen LogP contribution in [0.25, 0.3) is 10.8 Å². The summed E-state index contributed by atoms with van der Waals surface area (Å²) in [6.07, 6.45) is 2.83. The normalized spacial score (nSPS) is 10.6. The van der Waals surface area contributed by atoms with Gasteiger partial charge >= 0.3 is 0 Å². The minimum Gasteiger partial charge on any atom is -0.619 e. The maximum Gasteiger partial charge on any atom is 0.189 e. The molecule has 0 radical (unpaired) electrons. The van der Waals surface area contributed by atoms with E-state index in [4.69, 9.17) is 23.2 Å². The number of fused-ring (bicyclic) bond motifs is 1. The predicted octanol–water partition coefficient (Wildman–Crippen LogP) is 2.78. The number of rotatable bonds is 0. The standard InChI is InChI=1S/C9H5Cl2NO/c10-8-2-1-6-3-4-12(13)5-7(6)9(8)11/h1-5H. The Morgan fingerprint density at radius 3 is 2.69 bits per heavy atom. The number of nitrogens with zero attached hydrogens (tertiary/aromatic N) is 1. The average Bonchev–Trinajstić information content (AvgIpc) is 2.12. The molecule has 2 nitrogen and oxygen atoms in total. The molecule has 0 fully saturated rings. The third-order valence-electron chi connectivity index (χ3n) is 1.82. The molecule has 0 aliphatic rings. The summed E-state index contributed by atoms with van der Waals surface area (Å²) >= 11 is 11.7. The third-order valence-corrected chi connectivity index (χ3v) is 2.64. The number of aromatic nitrogens is 1. The van der Waals surface area contributed by atoms with E-state index in [1.54, 1.807) is 12.1 Å².